The van der Waals surface area contributed by atoms with Crippen molar-refractivity contribution < 1.29 is 22.7 Å². The number of fused-ring (bicyclic) bond motifs is 1. The standard InChI is InChI=1S/C18H25N3O5S/c1-3-9-27(24,25)21-8-4-5-15(21)18(23)19-12(2)13-6-7-16-14(10-13)20-17(22)11-26-16/h6-7,10,12,15H,3-5,8-9,11H2,1-2H3,(H,19,23)(H,20,22). The number of anilines is 1. The molecule has 8 nitrogen and oxygen atoms in total. The summed E-state index contributed by atoms with van der Waals surface area (Å²) in [6.07, 6.45) is 1.72. The zero-order valence-electron chi connectivity index (χ0n) is 15.5. The fourth-order valence-electron chi connectivity index (χ4n) is 3.47. The summed E-state index contributed by atoms with van der Waals surface area (Å²) in [5, 5.41) is 5.64. The molecule has 148 valence electrons. The third kappa shape index (κ3) is 4.24. The highest BCUT2D eigenvalue weighted by molar-refractivity contribution is 7.89. The summed E-state index contributed by atoms with van der Waals surface area (Å²) in [4.78, 5) is 24.2. The zero-order valence-corrected chi connectivity index (χ0v) is 16.3. The van der Waals surface area contributed by atoms with Gasteiger partial charge in [-0.25, -0.2) is 8.42 Å². The van der Waals surface area contributed by atoms with Gasteiger partial charge in [-0.2, -0.15) is 4.31 Å². The molecule has 2 N–H and O–H groups in total. The Bertz CT molecular complexity index is 839. The second-order valence-corrected chi connectivity index (χ2v) is 8.95. The van der Waals surface area contributed by atoms with Crippen molar-refractivity contribution in [1.29, 1.82) is 0 Å². The fourth-order valence-corrected chi connectivity index (χ4v) is 5.22. The van der Waals surface area contributed by atoms with Crippen molar-refractivity contribution >= 4 is 27.5 Å². The summed E-state index contributed by atoms with van der Waals surface area (Å²) in [7, 11) is -3.41. The highest BCUT2D eigenvalue weighted by Crippen LogP contribution is 2.31. The number of sulfonamides is 1. The van der Waals surface area contributed by atoms with Crippen molar-refractivity contribution in [3.05, 3.63) is 23.8 Å². The Hall–Kier alpha value is -2.13. The van der Waals surface area contributed by atoms with E-state index in [2.05, 4.69) is 10.6 Å². The van der Waals surface area contributed by atoms with Crippen molar-refractivity contribution in [2.75, 3.05) is 24.2 Å². The van der Waals surface area contributed by atoms with Crippen LogP contribution in [0, 0.1) is 0 Å². The van der Waals surface area contributed by atoms with Crippen LogP contribution in [0.5, 0.6) is 5.75 Å². The third-order valence-electron chi connectivity index (χ3n) is 4.82. The van der Waals surface area contributed by atoms with E-state index in [0.717, 1.165) is 5.56 Å². The molecular formula is C18H25N3O5S. The lowest BCUT2D eigenvalue weighted by molar-refractivity contribution is -0.125. The molecule has 0 bridgehead atoms. The molecule has 0 aromatic heterocycles. The van der Waals surface area contributed by atoms with E-state index in [0.29, 0.717) is 37.2 Å². The first-order valence-corrected chi connectivity index (χ1v) is 10.8. The Morgan fingerprint density at radius 3 is 2.96 bits per heavy atom. The fraction of sp³-hybridized carbons (Fsp3) is 0.556. The predicted molar refractivity (Wildman–Crippen MR) is 101 cm³/mol. The molecule has 1 fully saturated rings. The highest BCUT2D eigenvalue weighted by atomic mass is 32.2. The molecule has 2 unspecified atom stereocenters. The van der Waals surface area contributed by atoms with E-state index < -0.39 is 16.1 Å². The highest BCUT2D eigenvalue weighted by Gasteiger charge is 2.38. The van der Waals surface area contributed by atoms with Crippen molar-refractivity contribution in [2.24, 2.45) is 0 Å². The van der Waals surface area contributed by atoms with Crippen LogP contribution in [0.2, 0.25) is 0 Å². The average molecular weight is 395 g/mol. The van der Waals surface area contributed by atoms with E-state index in [9.17, 15) is 18.0 Å². The van der Waals surface area contributed by atoms with Crippen LogP contribution in [0.3, 0.4) is 0 Å². The SMILES string of the molecule is CCCS(=O)(=O)N1CCCC1C(=O)NC(C)c1ccc2c(c1)NC(=O)CO2. The number of hydrogen-bond donors (Lipinski definition) is 2. The van der Waals surface area contributed by atoms with Crippen LogP contribution < -0.4 is 15.4 Å². The van der Waals surface area contributed by atoms with E-state index in [-0.39, 0.29) is 30.2 Å². The Labute approximate surface area is 159 Å². The van der Waals surface area contributed by atoms with Gasteiger partial charge in [-0.15, -0.1) is 0 Å². The Balaban J connectivity index is 1.70. The van der Waals surface area contributed by atoms with Crippen LogP contribution in [0.25, 0.3) is 0 Å². The molecule has 2 atom stereocenters. The average Bonchev–Trinajstić information content (AvgIpc) is 3.12. The molecule has 27 heavy (non-hydrogen) atoms. The monoisotopic (exact) mass is 395 g/mol. The molecule has 2 aliphatic heterocycles. The van der Waals surface area contributed by atoms with Crippen LogP contribution in [0.1, 0.15) is 44.7 Å². The Morgan fingerprint density at radius 2 is 2.22 bits per heavy atom. The summed E-state index contributed by atoms with van der Waals surface area (Å²) in [5.74, 6) is 0.123. The lowest BCUT2D eigenvalue weighted by Gasteiger charge is -2.25. The molecule has 0 saturated carbocycles. The second kappa shape index (κ2) is 7.85. The summed E-state index contributed by atoms with van der Waals surface area (Å²) >= 11 is 0. The molecule has 0 radical (unpaired) electrons. The minimum atomic E-state index is -3.41. The van der Waals surface area contributed by atoms with Gasteiger partial charge in [-0.1, -0.05) is 13.0 Å². The number of hydrogen-bond acceptors (Lipinski definition) is 5. The van der Waals surface area contributed by atoms with E-state index in [1.165, 1.54) is 4.31 Å². The first-order valence-electron chi connectivity index (χ1n) is 9.18. The lowest BCUT2D eigenvalue weighted by atomic mass is 10.1. The molecule has 0 spiro atoms. The molecule has 2 amide bonds. The van der Waals surface area contributed by atoms with Crippen LogP contribution in [0.15, 0.2) is 18.2 Å². The van der Waals surface area contributed by atoms with Gasteiger partial charge in [0.2, 0.25) is 15.9 Å². The molecule has 2 heterocycles. The van der Waals surface area contributed by atoms with Gasteiger partial charge in [0.05, 0.1) is 17.5 Å². The number of nitrogens with zero attached hydrogens (tertiary/aromatic N) is 1. The Kier molecular flexibility index (Phi) is 5.71. The van der Waals surface area contributed by atoms with Gasteiger partial charge in [0.25, 0.3) is 5.91 Å². The maximum atomic E-state index is 12.7. The number of rotatable bonds is 6. The lowest BCUT2D eigenvalue weighted by Crippen LogP contribution is -2.47. The molecule has 1 saturated heterocycles. The maximum absolute atomic E-state index is 12.7. The largest absolute Gasteiger partial charge is 0.482 e. The molecule has 3 rings (SSSR count). The van der Waals surface area contributed by atoms with Gasteiger partial charge in [-0.3, -0.25) is 9.59 Å². The van der Waals surface area contributed by atoms with Gasteiger partial charge in [0.1, 0.15) is 11.8 Å². The summed E-state index contributed by atoms with van der Waals surface area (Å²) in [5.41, 5.74) is 1.37. The van der Waals surface area contributed by atoms with Crippen molar-refractivity contribution in [1.82, 2.24) is 9.62 Å². The number of nitrogens with one attached hydrogen (secondary N) is 2. The first-order chi connectivity index (χ1) is 12.8. The number of carbonyl (C=O) groups is 2. The van der Waals surface area contributed by atoms with Crippen molar-refractivity contribution in [2.45, 2.75) is 45.2 Å². The van der Waals surface area contributed by atoms with Crippen molar-refractivity contribution in [3.63, 3.8) is 0 Å². The normalized spacial score (nSPS) is 21.1. The van der Waals surface area contributed by atoms with Crippen LogP contribution >= 0.6 is 0 Å². The molecule has 1 aromatic rings. The van der Waals surface area contributed by atoms with Crippen LogP contribution in [0.4, 0.5) is 5.69 Å². The van der Waals surface area contributed by atoms with Gasteiger partial charge in [-0.05, 0) is 43.9 Å². The third-order valence-corrected chi connectivity index (χ3v) is 6.90. The van der Waals surface area contributed by atoms with Crippen LogP contribution in [-0.4, -0.2) is 49.5 Å². The summed E-state index contributed by atoms with van der Waals surface area (Å²) in [6, 6.07) is 4.34. The van der Waals surface area contributed by atoms with Gasteiger partial charge < -0.3 is 15.4 Å². The molecule has 0 aliphatic carbocycles. The quantitative estimate of drug-likeness (QED) is 0.758. The molecule has 9 heteroatoms. The Morgan fingerprint density at radius 1 is 1.44 bits per heavy atom. The predicted octanol–water partition coefficient (Wildman–Crippen LogP) is 1.40. The number of ether oxygens (including phenoxy) is 1. The summed E-state index contributed by atoms with van der Waals surface area (Å²) < 4.78 is 31.4. The first kappa shape index (κ1) is 19.6. The zero-order chi connectivity index (χ0) is 19.6. The molecular weight excluding hydrogens is 370 g/mol. The second-order valence-electron chi connectivity index (χ2n) is 6.91. The van der Waals surface area contributed by atoms with Crippen LogP contribution in [-0.2, 0) is 19.6 Å². The van der Waals surface area contributed by atoms with E-state index >= 15 is 0 Å². The van der Waals surface area contributed by atoms with Crippen molar-refractivity contribution in [3.8, 4) is 5.75 Å². The summed E-state index contributed by atoms with van der Waals surface area (Å²) in [6.45, 7) is 4.01. The topological polar surface area (TPSA) is 105 Å². The van der Waals surface area contributed by atoms with Gasteiger partial charge in [0.15, 0.2) is 6.61 Å². The van der Waals surface area contributed by atoms with E-state index in [4.69, 9.17) is 4.74 Å². The minimum absolute atomic E-state index is 0.0115. The van der Waals surface area contributed by atoms with E-state index in [1.54, 1.807) is 12.1 Å². The number of carbonyl (C=O) groups excluding carboxylic acids is 2. The number of amides is 2. The molecule has 1 aromatic carbocycles. The smallest absolute Gasteiger partial charge is 0.262 e. The van der Waals surface area contributed by atoms with Gasteiger partial charge in [0, 0.05) is 6.54 Å². The molecule has 2 aliphatic rings. The van der Waals surface area contributed by atoms with E-state index in [1.807, 2.05) is 19.9 Å². The van der Waals surface area contributed by atoms with Gasteiger partial charge >= 0.3 is 0 Å². The maximum Gasteiger partial charge on any atom is 0.262 e. The minimum Gasteiger partial charge on any atom is -0.482 e. The number of benzene rings is 1.